The van der Waals surface area contributed by atoms with Gasteiger partial charge in [0.15, 0.2) is 0 Å². The second-order valence-corrected chi connectivity index (χ2v) is 3.82. The van der Waals surface area contributed by atoms with Crippen molar-refractivity contribution in [3.05, 3.63) is 0 Å². The van der Waals surface area contributed by atoms with E-state index in [4.69, 9.17) is 4.74 Å². The zero-order valence-electron chi connectivity index (χ0n) is 9.60. The molecular formula is C11H25NO. The number of unbranched alkanes of at least 4 members (excludes halogenated alkanes) is 1. The van der Waals surface area contributed by atoms with Gasteiger partial charge in [0.25, 0.3) is 0 Å². The summed E-state index contributed by atoms with van der Waals surface area (Å²) in [6.07, 6.45) is 2.52. The van der Waals surface area contributed by atoms with Gasteiger partial charge in [-0.15, -0.1) is 0 Å². The largest absolute Gasteiger partial charge is 0.380 e. The van der Waals surface area contributed by atoms with Crippen LogP contribution in [0.2, 0.25) is 0 Å². The summed E-state index contributed by atoms with van der Waals surface area (Å²) < 4.78 is 5.43. The first kappa shape index (κ1) is 12.9. The van der Waals surface area contributed by atoms with Crippen LogP contribution in [-0.2, 0) is 4.74 Å². The molecule has 80 valence electrons. The van der Waals surface area contributed by atoms with Crippen LogP contribution < -0.4 is 5.32 Å². The molecule has 0 spiro atoms. The van der Waals surface area contributed by atoms with Crippen molar-refractivity contribution in [3.63, 3.8) is 0 Å². The standard InChI is InChI=1S/C11H25NO/c1-5-7-8-12-11(10(3)4)9-13-6-2/h10-12H,5-9H2,1-4H3. The van der Waals surface area contributed by atoms with Crippen LogP contribution in [0.5, 0.6) is 0 Å². The lowest BCUT2D eigenvalue weighted by Crippen LogP contribution is -2.38. The lowest BCUT2D eigenvalue weighted by atomic mass is 10.1. The molecule has 0 aliphatic heterocycles. The monoisotopic (exact) mass is 187 g/mol. The average molecular weight is 187 g/mol. The molecule has 13 heavy (non-hydrogen) atoms. The molecule has 2 nitrogen and oxygen atoms in total. The van der Waals surface area contributed by atoms with Crippen LogP contribution >= 0.6 is 0 Å². The van der Waals surface area contributed by atoms with Crippen LogP contribution in [0, 0.1) is 5.92 Å². The molecule has 0 aliphatic rings. The van der Waals surface area contributed by atoms with Crippen molar-refractivity contribution in [1.82, 2.24) is 5.32 Å². The van der Waals surface area contributed by atoms with E-state index in [1.807, 2.05) is 6.92 Å². The Labute approximate surface area is 83.1 Å². The molecule has 0 saturated carbocycles. The maximum atomic E-state index is 5.43. The number of hydrogen-bond donors (Lipinski definition) is 1. The van der Waals surface area contributed by atoms with E-state index in [0.717, 1.165) is 19.8 Å². The normalized spacial score (nSPS) is 13.6. The van der Waals surface area contributed by atoms with E-state index in [1.54, 1.807) is 0 Å². The summed E-state index contributed by atoms with van der Waals surface area (Å²) in [7, 11) is 0. The summed E-state index contributed by atoms with van der Waals surface area (Å²) >= 11 is 0. The molecular weight excluding hydrogens is 162 g/mol. The summed E-state index contributed by atoms with van der Waals surface area (Å²) in [5, 5.41) is 3.53. The van der Waals surface area contributed by atoms with Gasteiger partial charge in [0, 0.05) is 12.6 Å². The van der Waals surface area contributed by atoms with Gasteiger partial charge in [0.1, 0.15) is 0 Å². The fourth-order valence-electron chi connectivity index (χ4n) is 1.20. The number of hydrogen-bond acceptors (Lipinski definition) is 2. The van der Waals surface area contributed by atoms with Gasteiger partial charge in [-0.25, -0.2) is 0 Å². The van der Waals surface area contributed by atoms with E-state index >= 15 is 0 Å². The lowest BCUT2D eigenvalue weighted by Gasteiger charge is -2.21. The van der Waals surface area contributed by atoms with Crippen LogP contribution in [0.25, 0.3) is 0 Å². The molecule has 0 aromatic rings. The number of ether oxygens (including phenoxy) is 1. The first-order chi connectivity index (χ1) is 6.22. The van der Waals surface area contributed by atoms with E-state index < -0.39 is 0 Å². The third kappa shape index (κ3) is 7.03. The highest BCUT2D eigenvalue weighted by atomic mass is 16.5. The Kier molecular flexibility index (Phi) is 8.46. The minimum absolute atomic E-state index is 0.520. The minimum Gasteiger partial charge on any atom is -0.380 e. The highest BCUT2D eigenvalue weighted by Gasteiger charge is 2.11. The van der Waals surface area contributed by atoms with Gasteiger partial charge >= 0.3 is 0 Å². The van der Waals surface area contributed by atoms with Gasteiger partial charge in [-0.1, -0.05) is 27.2 Å². The van der Waals surface area contributed by atoms with Crippen LogP contribution in [0.4, 0.5) is 0 Å². The van der Waals surface area contributed by atoms with Crippen LogP contribution in [0.15, 0.2) is 0 Å². The SMILES string of the molecule is CCCCNC(COCC)C(C)C. The Morgan fingerprint density at radius 1 is 1.23 bits per heavy atom. The summed E-state index contributed by atoms with van der Waals surface area (Å²) in [4.78, 5) is 0. The van der Waals surface area contributed by atoms with Crippen LogP contribution in [0.1, 0.15) is 40.5 Å². The van der Waals surface area contributed by atoms with Gasteiger partial charge in [-0.2, -0.15) is 0 Å². The van der Waals surface area contributed by atoms with Crippen molar-refractivity contribution in [2.24, 2.45) is 5.92 Å². The smallest absolute Gasteiger partial charge is 0.0621 e. The van der Waals surface area contributed by atoms with Crippen LogP contribution in [-0.4, -0.2) is 25.8 Å². The molecule has 0 amide bonds. The van der Waals surface area contributed by atoms with Crippen molar-refractivity contribution >= 4 is 0 Å². The zero-order valence-corrected chi connectivity index (χ0v) is 9.60. The molecule has 0 aliphatic carbocycles. The second-order valence-electron chi connectivity index (χ2n) is 3.82. The maximum Gasteiger partial charge on any atom is 0.0621 e. The summed E-state index contributed by atoms with van der Waals surface area (Å²) in [6, 6.07) is 0.520. The molecule has 1 atom stereocenters. The molecule has 0 heterocycles. The van der Waals surface area contributed by atoms with Crippen molar-refractivity contribution in [2.75, 3.05) is 19.8 Å². The molecule has 2 heteroatoms. The van der Waals surface area contributed by atoms with E-state index in [9.17, 15) is 0 Å². The van der Waals surface area contributed by atoms with E-state index in [1.165, 1.54) is 12.8 Å². The Morgan fingerprint density at radius 3 is 2.38 bits per heavy atom. The third-order valence-electron chi connectivity index (χ3n) is 2.24. The van der Waals surface area contributed by atoms with Gasteiger partial charge in [0.2, 0.25) is 0 Å². The molecule has 0 radical (unpaired) electrons. The molecule has 0 saturated heterocycles. The molecule has 0 aromatic carbocycles. The van der Waals surface area contributed by atoms with Crippen LogP contribution in [0.3, 0.4) is 0 Å². The van der Waals surface area contributed by atoms with Gasteiger partial charge in [0.05, 0.1) is 6.61 Å². The lowest BCUT2D eigenvalue weighted by molar-refractivity contribution is 0.108. The Balaban J connectivity index is 3.54. The first-order valence-electron chi connectivity index (χ1n) is 5.53. The summed E-state index contributed by atoms with van der Waals surface area (Å²) in [5.74, 6) is 0.656. The molecule has 0 rings (SSSR count). The van der Waals surface area contributed by atoms with Crippen molar-refractivity contribution in [2.45, 2.75) is 46.6 Å². The molecule has 1 unspecified atom stereocenters. The van der Waals surface area contributed by atoms with Crippen molar-refractivity contribution < 1.29 is 4.74 Å². The predicted molar refractivity (Wildman–Crippen MR) is 58.0 cm³/mol. The highest BCUT2D eigenvalue weighted by Crippen LogP contribution is 2.02. The Hall–Kier alpha value is -0.0800. The second kappa shape index (κ2) is 8.52. The minimum atomic E-state index is 0.520. The molecule has 1 N–H and O–H groups in total. The summed E-state index contributed by atoms with van der Waals surface area (Å²) in [6.45, 7) is 11.5. The maximum absolute atomic E-state index is 5.43. The third-order valence-corrected chi connectivity index (χ3v) is 2.24. The average Bonchev–Trinajstić information content (AvgIpc) is 2.10. The number of rotatable bonds is 8. The Morgan fingerprint density at radius 2 is 1.92 bits per heavy atom. The highest BCUT2D eigenvalue weighted by molar-refractivity contribution is 4.69. The zero-order chi connectivity index (χ0) is 10.1. The Bertz CT molecular complexity index is 104. The van der Waals surface area contributed by atoms with Gasteiger partial charge in [-0.3, -0.25) is 0 Å². The molecule has 0 fully saturated rings. The van der Waals surface area contributed by atoms with E-state index in [0.29, 0.717) is 12.0 Å². The topological polar surface area (TPSA) is 21.3 Å². The van der Waals surface area contributed by atoms with E-state index in [2.05, 4.69) is 26.1 Å². The molecule has 0 bridgehead atoms. The van der Waals surface area contributed by atoms with E-state index in [-0.39, 0.29) is 0 Å². The van der Waals surface area contributed by atoms with Crippen molar-refractivity contribution in [3.8, 4) is 0 Å². The van der Waals surface area contributed by atoms with Crippen molar-refractivity contribution in [1.29, 1.82) is 0 Å². The van der Waals surface area contributed by atoms with Gasteiger partial charge in [-0.05, 0) is 25.8 Å². The first-order valence-corrected chi connectivity index (χ1v) is 5.53. The molecule has 0 aromatic heterocycles. The fraction of sp³-hybridized carbons (Fsp3) is 1.00. The summed E-state index contributed by atoms with van der Waals surface area (Å²) in [5.41, 5.74) is 0. The predicted octanol–water partition coefficient (Wildman–Crippen LogP) is 2.44. The quantitative estimate of drug-likeness (QED) is 0.589. The van der Waals surface area contributed by atoms with Gasteiger partial charge < -0.3 is 10.1 Å². The number of nitrogens with one attached hydrogen (secondary N) is 1. The fourth-order valence-corrected chi connectivity index (χ4v) is 1.20.